The van der Waals surface area contributed by atoms with Gasteiger partial charge >= 0.3 is 0 Å². The number of anilines is 3. The van der Waals surface area contributed by atoms with E-state index in [0.717, 1.165) is 11.4 Å². The van der Waals surface area contributed by atoms with Crippen molar-refractivity contribution in [3.8, 4) is 0 Å². The second kappa shape index (κ2) is 6.05. The first-order valence-corrected chi connectivity index (χ1v) is 6.78. The molecular formula is C17H14N4O. The zero-order valence-electron chi connectivity index (χ0n) is 11.8. The zero-order chi connectivity index (χ0) is 15.4. The lowest BCUT2D eigenvalue weighted by Gasteiger charge is -2.22. The molecule has 0 unspecified atom stereocenters. The summed E-state index contributed by atoms with van der Waals surface area (Å²) in [6.07, 6.45) is 2.87. The summed E-state index contributed by atoms with van der Waals surface area (Å²) in [4.78, 5) is 21.6. The van der Waals surface area contributed by atoms with Gasteiger partial charge in [-0.2, -0.15) is 0 Å². The van der Waals surface area contributed by atoms with Gasteiger partial charge in [-0.05, 0) is 24.3 Å². The Bertz CT molecular complexity index is 718. The van der Waals surface area contributed by atoms with Gasteiger partial charge in [-0.25, -0.2) is 9.97 Å². The van der Waals surface area contributed by atoms with E-state index >= 15 is 0 Å². The topological polar surface area (TPSA) is 72.1 Å². The molecule has 0 aliphatic heterocycles. The smallest absolute Gasteiger partial charge is 0.251 e. The standard InChI is InChI=1S/C17H14N4O/c18-16(22)13-11-19-17(20-12-13)21(14-7-3-1-4-8-14)15-9-5-2-6-10-15/h1-12H,(H2,18,22). The predicted octanol–water partition coefficient (Wildman–Crippen LogP) is 3.05. The molecule has 0 saturated carbocycles. The van der Waals surface area contributed by atoms with Crippen LogP contribution in [0.1, 0.15) is 10.4 Å². The van der Waals surface area contributed by atoms with Crippen LogP contribution < -0.4 is 10.6 Å². The average Bonchev–Trinajstić information content (AvgIpc) is 2.57. The fraction of sp³-hybridized carbons (Fsp3) is 0. The number of primary amides is 1. The number of para-hydroxylation sites is 2. The Morgan fingerprint density at radius 3 is 1.68 bits per heavy atom. The zero-order valence-corrected chi connectivity index (χ0v) is 11.8. The Kier molecular flexibility index (Phi) is 3.78. The van der Waals surface area contributed by atoms with Crippen molar-refractivity contribution < 1.29 is 4.79 Å². The van der Waals surface area contributed by atoms with Crippen LogP contribution in [-0.2, 0) is 0 Å². The number of nitrogens with two attached hydrogens (primary N) is 1. The van der Waals surface area contributed by atoms with Gasteiger partial charge in [0.25, 0.3) is 5.91 Å². The minimum absolute atomic E-state index is 0.282. The van der Waals surface area contributed by atoms with Crippen LogP contribution in [-0.4, -0.2) is 15.9 Å². The Balaban J connectivity index is 2.08. The Labute approximate surface area is 128 Å². The first-order chi connectivity index (χ1) is 10.8. The summed E-state index contributed by atoms with van der Waals surface area (Å²) >= 11 is 0. The second-order valence-electron chi connectivity index (χ2n) is 4.64. The minimum atomic E-state index is -0.544. The number of carbonyl (C=O) groups is 1. The summed E-state index contributed by atoms with van der Waals surface area (Å²) in [5.41, 5.74) is 7.37. The molecule has 0 aliphatic carbocycles. The normalized spacial score (nSPS) is 10.2. The largest absolute Gasteiger partial charge is 0.366 e. The van der Waals surface area contributed by atoms with Gasteiger partial charge in [0.15, 0.2) is 0 Å². The molecule has 1 amide bonds. The molecule has 0 bridgehead atoms. The quantitative estimate of drug-likeness (QED) is 0.801. The number of benzene rings is 2. The fourth-order valence-corrected chi connectivity index (χ4v) is 2.10. The van der Waals surface area contributed by atoms with Gasteiger partial charge in [0.05, 0.1) is 5.56 Å². The molecule has 5 heteroatoms. The summed E-state index contributed by atoms with van der Waals surface area (Å²) < 4.78 is 0. The van der Waals surface area contributed by atoms with Crippen molar-refractivity contribution in [3.05, 3.63) is 78.6 Å². The van der Waals surface area contributed by atoms with E-state index < -0.39 is 5.91 Å². The number of nitrogens with zero attached hydrogens (tertiary/aromatic N) is 3. The highest BCUT2D eigenvalue weighted by Crippen LogP contribution is 2.31. The molecule has 0 saturated heterocycles. The third-order valence-corrected chi connectivity index (χ3v) is 3.15. The van der Waals surface area contributed by atoms with E-state index in [9.17, 15) is 4.79 Å². The lowest BCUT2D eigenvalue weighted by molar-refractivity contribution is 0.0999. The first-order valence-electron chi connectivity index (χ1n) is 6.78. The molecule has 2 aromatic carbocycles. The predicted molar refractivity (Wildman–Crippen MR) is 85.2 cm³/mol. The SMILES string of the molecule is NC(=O)c1cnc(N(c2ccccc2)c2ccccc2)nc1. The number of amides is 1. The van der Waals surface area contributed by atoms with Crippen LogP contribution in [0.2, 0.25) is 0 Å². The van der Waals surface area contributed by atoms with Gasteiger partial charge in [0, 0.05) is 23.8 Å². The van der Waals surface area contributed by atoms with Crippen LogP contribution in [0.15, 0.2) is 73.1 Å². The summed E-state index contributed by atoms with van der Waals surface area (Å²) in [6.45, 7) is 0. The number of rotatable bonds is 4. The molecular weight excluding hydrogens is 276 g/mol. The maximum atomic E-state index is 11.2. The van der Waals surface area contributed by atoms with Crippen molar-refractivity contribution >= 4 is 23.2 Å². The summed E-state index contributed by atoms with van der Waals surface area (Å²) in [7, 11) is 0. The van der Waals surface area contributed by atoms with Gasteiger partial charge < -0.3 is 5.73 Å². The summed E-state index contributed by atoms with van der Waals surface area (Å²) in [5.74, 6) is -0.0695. The average molecular weight is 290 g/mol. The molecule has 3 aromatic rings. The molecule has 108 valence electrons. The molecule has 0 spiro atoms. The molecule has 3 rings (SSSR count). The Morgan fingerprint density at radius 1 is 0.818 bits per heavy atom. The van der Waals surface area contributed by atoms with Crippen LogP contribution in [0.5, 0.6) is 0 Å². The van der Waals surface area contributed by atoms with E-state index in [4.69, 9.17) is 5.73 Å². The maximum Gasteiger partial charge on any atom is 0.251 e. The van der Waals surface area contributed by atoms with Gasteiger partial charge in [-0.1, -0.05) is 36.4 Å². The Hall–Kier alpha value is -3.21. The summed E-state index contributed by atoms with van der Waals surface area (Å²) in [5, 5.41) is 0. The third kappa shape index (κ3) is 2.78. The van der Waals surface area contributed by atoms with Gasteiger partial charge in [-0.3, -0.25) is 9.69 Å². The van der Waals surface area contributed by atoms with Crippen molar-refractivity contribution in [3.63, 3.8) is 0 Å². The van der Waals surface area contributed by atoms with Crippen molar-refractivity contribution in [1.82, 2.24) is 9.97 Å². The molecule has 0 atom stereocenters. The minimum Gasteiger partial charge on any atom is -0.366 e. The highest BCUT2D eigenvalue weighted by molar-refractivity contribution is 5.92. The third-order valence-electron chi connectivity index (χ3n) is 3.15. The number of hydrogen-bond donors (Lipinski definition) is 1. The lowest BCUT2D eigenvalue weighted by atomic mass is 10.2. The number of aromatic nitrogens is 2. The molecule has 2 N–H and O–H groups in total. The molecule has 0 fully saturated rings. The van der Waals surface area contributed by atoms with Crippen molar-refractivity contribution in [1.29, 1.82) is 0 Å². The lowest BCUT2D eigenvalue weighted by Crippen LogP contribution is -2.16. The molecule has 0 aliphatic rings. The first kappa shape index (κ1) is 13.8. The van der Waals surface area contributed by atoms with Gasteiger partial charge in [0.1, 0.15) is 0 Å². The molecule has 1 heterocycles. The number of hydrogen-bond acceptors (Lipinski definition) is 4. The molecule has 22 heavy (non-hydrogen) atoms. The van der Waals surface area contributed by atoms with E-state index in [2.05, 4.69) is 9.97 Å². The Morgan fingerprint density at radius 2 is 1.27 bits per heavy atom. The summed E-state index contributed by atoms with van der Waals surface area (Å²) in [6, 6.07) is 19.6. The van der Waals surface area contributed by atoms with E-state index in [0.29, 0.717) is 5.95 Å². The van der Waals surface area contributed by atoms with E-state index in [-0.39, 0.29) is 5.56 Å². The highest BCUT2D eigenvalue weighted by Gasteiger charge is 2.14. The van der Waals surface area contributed by atoms with Gasteiger partial charge in [-0.15, -0.1) is 0 Å². The maximum absolute atomic E-state index is 11.2. The monoisotopic (exact) mass is 290 g/mol. The van der Waals surface area contributed by atoms with Crippen molar-refractivity contribution in [2.24, 2.45) is 5.73 Å². The van der Waals surface area contributed by atoms with Crippen LogP contribution in [0, 0.1) is 0 Å². The van der Waals surface area contributed by atoms with Crippen LogP contribution in [0.4, 0.5) is 17.3 Å². The highest BCUT2D eigenvalue weighted by atomic mass is 16.1. The number of carbonyl (C=O) groups excluding carboxylic acids is 1. The molecule has 5 nitrogen and oxygen atoms in total. The fourth-order valence-electron chi connectivity index (χ4n) is 2.10. The van der Waals surface area contributed by atoms with Crippen molar-refractivity contribution in [2.45, 2.75) is 0 Å². The van der Waals surface area contributed by atoms with Crippen molar-refractivity contribution in [2.75, 3.05) is 4.90 Å². The van der Waals surface area contributed by atoms with E-state index in [1.165, 1.54) is 12.4 Å². The molecule has 1 aromatic heterocycles. The van der Waals surface area contributed by atoms with E-state index in [1.807, 2.05) is 65.6 Å². The van der Waals surface area contributed by atoms with Gasteiger partial charge in [0.2, 0.25) is 5.95 Å². The molecule has 0 radical (unpaired) electrons. The van der Waals surface area contributed by atoms with E-state index in [1.54, 1.807) is 0 Å². The van der Waals surface area contributed by atoms with Crippen LogP contribution in [0.25, 0.3) is 0 Å². The van der Waals surface area contributed by atoms with Crippen LogP contribution >= 0.6 is 0 Å². The van der Waals surface area contributed by atoms with Crippen LogP contribution in [0.3, 0.4) is 0 Å². The second-order valence-corrected chi connectivity index (χ2v) is 4.64.